The fourth-order valence-corrected chi connectivity index (χ4v) is 4.07. The van der Waals surface area contributed by atoms with Crippen molar-refractivity contribution in [2.24, 2.45) is 4.99 Å². The number of hydrogen-bond donors (Lipinski definition) is 0. The molecule has 3 rings (SSSR count). The number of aromatic nitrogens is 1. The molecule has 1 aromatic heterocycles. The Balaban J connectivity index is 1.89. The Kier molecular flexibility index (Phi) is 6.08. The minimum absolute atomic E-state index is 0.0607. The molecular weight excluding hydrogens is 386 g/mol. The number of non-ortho nitro benzene ring substituents is 1. The first-order chi connectivity index (χ1) is 13.8. The molecule has 6 nitrogen and oxygen atoms in total. The van der Waals surface area contributed by atoms with Crippen LogP contribution in [0.1, 0.15) is 42.5 Å². The first-order valence-corrected chi connectivity index (χ1v) is 10.00. The molecule has 29 heavy (non-hydrogen) atoms. The summed E-state index contributed by atoms with van der Waals surface area (Å²) in [7, 11) is 1.68. The number of nitro benzene ring substituents is 1. The predicted molar refractivity (Wildman–Crippen MR) is 117 cm³/mol. The molecule has 0 aliphatic carbocycles. The summed E-state index contributed by atoms with van der Waals surface area (Å²) in [6.45, 7) is 6.41. The van der Waals surface area contributed by atoms with Crippen molar-refractivity contribution in [2.45, 2.75) is 32.6 Å². The molecule has 7 heteroatoms. The van der Waals surface area contributed by atoms with Gasteiger partial charge in [-0.15, -0.1) is 0 Å². The normalized spacial score (nSPS) is 11.7. The highest BCUT2D eigenvalue weighted by Crippen LogP contribution is 2.36. The van der Waals surface area contributed by atoms with E-state index in [1.165, 1.54) is 12.1 Å². The highest BCUT2D eigenvalue weighted by Gasteiger charge is 2.24. The molecular formula is C22H23N3O3S. The van der Waals surface area contributed by atoms with E-state index in [1.54, 1.807) is 36.8 Å². The van der Waals surface area contributed by atoms with E-state index in [4.69, 9.17) is 9.72 Å². The monoisotopic (exact) mass is 409 g/mol. The highest BCUT2D eigenvalue weighted by atomic mass is 32.1. The van der Waals surface area contributed by atoms with Gasteiger partial charge in [-0.25, -0.2) is 9.98 Å². The van der Waals surface area contributed by atoms with Gasteiger partial charge < -0.3 is 4.74 Å². The van der Waals surface area contributed by atoms with Crippen molar-refractivity contribution in [2.75, 3.05) is 7.11 Å². The smallest absolute Gasteiger partial charge is 0.269 e. The Morgan fingerprint density at radius 1 is 1.17 bits per heavy atom. The lowest BCUT2D eigenvalue weighted by molar-refractivity contribution is -0.384. The van der Waals surface area contributed by atoms with E-state index in [0.29, 0.717) is 5.13 Å². The summed E-state index contributed by atoms with van der Waals surface area (Å²) in [6, 6.07) is 14.3. The van der Waals surface area contributed by atoms with Crippen molar-refractivity contribution >= 4 is 28.4 Å². The fourth-order valence-electron chi connectivity index (χ4n) is 2.93. The van der Waals surface area contributed by atoms with E-state index >= 15 is 0 Å². The van der Waals surface area contributed by atoms with E-state index in [2.05, 4.69) is 31.8 Å². The number of benzene rings is 2. The highest BCUT2D eigenvalue weighted by molar-refractivity contribution is 7.15. The van der Waals surface area contributed by atoms with Gasteiger partial charge in [-0.2, -0.15) is 0 Å². The van der Waals surface area contributed by atoms with E-state index < -0.39 is 4.92 Å². The van der Waals surface area contributed by atoms with Crippen LogP contribution in [0, 0.1) is 10.1 Å². The van der Waals surface area contributed by atoms with Crippen LogP contribution in [0.3, 0.4) is 0 Å². The zero-order valence-electron chi connectivity index (χ0n) is 16.9. The quantitative estimate of drug-likeness (QED) is 0.297. The second-order valence-electron chi connectivity index (χ2n) is 7.61. The van der Waals surface area contributed by atoms with Gasteiger partial charge in [0.25, 0.3) is 5.69 Å². The van der Waals surface area contributed by atoms with Gasteiger partial charge in [-0.1, -0.05) is 50.3 Å². The first-order valence-electron chi connectivity index (χ1n) is 9.18. The Labute approximate surface area is 174 Å². The molecule has 0 N–H and O–H groups in total. The average Bonchev–Trinajstić information content (AvgIpc) is 3.10. The molecule has 0 bridgehead atoms. The standard InChI is InChI=1S/C22H23N3O3S/c1-22(2,3)20-19(13-16-7-5-6-8-18(16)28-4)29-21(24-20)23-14-15-9-11-17(12-10-15)25(26)27/h5-12,14H,13H2,1-4H3/b23-14+. The molecule has 1 heterocycles. The molecule has 0 aliphatic rings. The number of ether oxygens (including phenoxy) is 1. The molecule has 3 aromatic rings. The third-order valence-corrected chi connectivity index (χ3v) is 5.33. The molecule has 0 fully saturated rings. The van der Waals surface area contributed by atoms with Crippen LogP contribution in [0.4, 0.5) is 10.8 Å². The number of rotatable bonds is 6. The largest absolute Gasteiger partial charge is 0.496 e. The van der Waals surface area contributed by atoms with Crippen molar-refractivity contribution in [3.05, 3.63) is 80.3 Å². The summed E-state index contributed by atoms with van der Waals surface area (Å²) in [5.41, 5.74) is 2.86. The lowest BCUT2D eigenvalue weighted by Gasteiger charge is -2.18. The molecule has 2 aromatic carbocycles. The Hall–Kier alpha value is -3.06. The van der Waals surface area contributed by atoms with Crippen LogP contribution in [0.2, 0.25) is 0 Å². The summed E-state index contributed by atoms with van der Waals surface area (Å²) >= 11 is 1.55. The molecule has 0 aliphatic heterocycles. The van der Waals surface area contributed by atoms with Crippen LogP contribution in [0.15, 0.2) is 53.5 Å². The lowest BCUT2D eigenvalue weighted by atomic mass is 9.90. The van der Waals surface area contributed by atoms with E-state index in [0.717, 1.165) is 33.9 Å². The molecule has 0 unspecified atom stereocenters. The summed E-state index contributed by atoms with van der Waals surface area (Å²) in [4.78, 5) is 20.8. The number of methoxy groups -OCH3 is 1. The van der Waals surface area contributed by atoms with Gasteiger partial charge >= 0.3 is 0 Å². The number of para-hydroxylation sites is 1. The fraction of sp³-hybridized carbons (Fsp3) is 0.273. The number of thiazole rings is 1. The molecule has 0 radical (unpaired) electrons. The number of nitrogens with zero attached hydrogens (tertiary/aromatic N) is 3. The van der Waals surface area contributed by atoms with Crippen molar-refractivity contribution in [3.8, 4) is 5.75 Å². The molecule has 0 saturated heterocycles. The van der Waals surface area contributed by atoms with Gasteiger partial charge in [0.1, 0.15) is 5.75 Å². The van der Waals surface area contributed by atoms with Gasteiger partial charge in [0.2, 0.25) is 5.13 Å². The van der Waals surface area contributed by atoms with Gasteiger partial charge in [0.15, 0.2) is 0 Å². The topological polar surface area (TPSA) is 77.6 Å². The minimum Gasteiger partial charge on any atom is -0.496 e. The zero-order valence-corrected chi connectivity index (χ0v) is 17.7. The first kappa shape index (κ1) is 20.7. The van der Waals surface area contributed by atoms with E-state index in [-0.39, 0.29) is 11.1 Å². The number of hydrogen-bond acceptors (Lipinski definition) is 6. The lowest BCUT2D eigenvalue weighted by Crippen LogP contribution is -2.14. The van der Waals surface area contributed by atoms with Crippen LogP contribution >= 0.6 is 11.3 Å². The third kappa shape index (κ3) is 5.06. The maximum absolute atomic E-state index is 10.8. The Bertz CT molecular complexity index is 1030. The van der Waals surface area contributed by atoms with Crippen LogP contribution in [-0.4, -0.2) is 23.2 Å². The second kappa shape index (κ2) is 8.53. The second-order valence-corrected chi connectivity index (χ2v) is 8.68. The van der Waals surface area contributed by atoms with Gasteiger partial charge in [-0.05, 0) is 29.3 Å². The minimum atomic E-state index is -0.415. The summed E-state index contributed by atoms with van der Waals surface area (Å²) in [5, 5.41) is 11.4. The van der Waals surface area contributed by atoms with Crippen LogP contribution in [0.25, 0.3) is 0 Å². The average molecular weight is 410 g/mol. The maximum Gasteiger partial charge on any atom is 0.269 e. The van der Waals surface area contributed by atoms with Gasteiger partial charge in [0.05, 0.1) is 17.7 Å². The Morgan fingerprint density at radius 2 is 1.86 bits per heavy atom. The third-order valence-electron chi connectivity index (χ3n) is 4.37. The zero-order chi connectivity index (χ0) is 21.0. The SMILES string of the molecule is COc1ccccc1Cc1sc(/N=C/c2ccc([N+](=O)[O-])cc2)nc1C(C)(C)C. The van der Waals surface area contributed by atoms with Gasteiger partial charge in [0, 0.05) is 35.1 Å². The van der Waals surface area contributed by atoms with Crippen molar-refractivity contribution in [3.63, 3.8) is 0 Å². The molecule has 0 amide bonds. The van der Waals surface area contributed by atoms with Crippen LogP contribution in [-0.2, 0) is 11.8 Å². The van der Waals surface area contributed by atoms with Crippen LogP contribution in [0.5, 0.6) is 5.75 Å². The number of aliphatic imine (C=N–C) groups is 1. The van der Waals surface area contributed by atoms with Gasteiger partial charge in [-0.3, -0.25) is 10.1 Å². The molecule has 0 spiro atoms. The van der Waals surface area contributed by atoms with Crippen molar-refractivity contribution in [1.29, 1.82) is 0 Å². The molecule has 0 saturated carbocycles. The van der Waals surface area contributed by atoms with Crippen LogP contribution < -0.4 is 4.74 Å². The predicted octanol–water partition coefficient (Wildman–Crippen LogP) is 5.70. The molecule has 0 atom stereocenters. The summed E-state index contributed by atoms with van der Waals surface area (Å²) in [6.07, 6.45) is 2.41. The summed E-state index contributed by atoms with van der Waals surface area (Å²) < 4.78 is 5.49. The molecule has 150 valence electrons. The summed E-state index contributed by atoms with van der Waals surface area (Å²) in [5.74, 6) is 0.858. The van der Waals surface area contributed by atoms with Crippen molar-refractivity contribution in [1.82, 2.24) is 4.98 Å². The maximum atomic E-state index is 10.8. The van der Waals surface area contributed by atoms with E-state index in [9.17, 15) is 10.1 Å². The number of nitro groups is 1. The van der Waals surface area contributed by atoms with Crippen molar-refractivity contribution < 1.29 is 9.66 Å². The van der Waals surface area contributed by atoms with E-state index in [1.807, 2.05) is 18.2 Å². The Morgan fingerprint density at radius 3 is 2.48 bits per heavy atom.